The molecule has 0 amide bonds. The van der Waals surface area contributed by atoms with E-state index in [4.69, 9.17) is 4.42 Å². The summed E-state index contributed by atoms with van der Waals surface area (Å²) in [5.41, 5.74) is 1.25. The molecule has 1 aromatic heterocycles. The molecule has 1 unspecified atom stereocenters. The molecule has 2 aromatic rings. The predicted molar refractivity (Wildman–Crippen MR) is 81.8 cm³/mol. The standard InChI is InChI=1S/C16H21NOS/c1-4-11-17-16(15-10-5-12(2)18-15)13-6-8-14(19-3)9-7-13/h5-10,16-17H,4,11H2,1-3H3. The molecule has 0 spiro atoms. The minimum absolute atomic E-state index is 0.143. The fourth-order valence-electron chi connectivity index (χ4n) is 2.08. The maximum atomic E-state index is 5.79. The Morgan fingerprint density at radius 2 is 1.89 bits per heavy atom. The van der Waals surface area contributed by atoms with Crippen molar-refractivity contribution < 1.29 is 4.42 Å². The lowest BCUT2D eigenvalue weighted by atomic mass is 10.0. The fourth-order valence-corrected chi connectivity index (χ4v) is 2.48. The van der Waals surface area contributed by atoms with Gasteiger partial charge >= 0.3 is 0 Å². The van der Waals surface area contributed by atoms with Crippen LogP contribution in [0.2, 0.25) is 0 Å². The van der Waals surface area contributed by atoms with E-state index in [2.05, 4.69) is 48.8 Å². The Hall–Kier alpha value is -1.19. The minimum Gasteiger partial charge on any atom is -0.464 e. The van der Waals surface area contributed by atoms with Gasteiger partial charge in [-0.05, 0) is 56.0 Å². The fraction of sp³-hybridized carbons (Fsp3) is 0.375. The van der Waals surface area contributed by atoms with Gasteiger partial charge in [0, 0.05) is 4.90 Å². The highest BCUT2D eigenvalue weighted by molar-refractivity contribution is 7.98. The van der Waals surface area contributed by atoms with Gasteiger partial charge in [-0.1, -0.05) is 19.1 Å². The number of rotatable bonds is 6. The van der Waals surface area contributed by atoms with Crippen LogP contribution in [0.25, 0.3) is 0 Å². The molecule has 1 aromatic carbocycles. The quantitative estimate of drug-likeness (QED) is 0.791. The average molecular weight is 275 g/mol. The van der Waals surface area contributed by atoms with Gasteiger partial charge in [0.05, 0.1) is 6.04 Å². The second kappa shape index (κ2) is 6.83. The van der Waals surface area contributed by atoms with Crippen LogP contribution < -0.4 is 5.32 Å². The van der Waals surface area contributed by atoms with Crippen molar-refractivity contribution in [2.75, 3.05) is 12.8 Å². The number of furan rings is 1. The molecule has 19 heavy (non-hydrogen) atoms. The summed E-state index contributed by atoms with van der Waals surface area (Å²) in [6, 6.07) is 12.9. The summed E-state index contributed by atoms with van der Waals surface area (Å²) >= 11 is 1.76. The van der Waals surface area contributed by atoms with E-state index in [0.29, 0.717) is 0 Å². The normalized spacial score (nSPS) is 12.6. The first-order valence-corrected chi connectivity index (χ1v) is 7.90. The second-order valence-electron chi connectivity index (χ2n) is 4.61. The summed E-state index contributed by atoms with van der Waals surface area (Å²) in [5, 5.41) is 3.55. The highest BCUT2D eigenvalue weighted by atomic mass is 32.2. The highest BCUT2D eigenvalue weighted by Crippen LogP contribution is 2.25. The largest absolute Gasteiger partial charge is 0.464 e. The molecule has 0 aliphatic carbocycles. The lowest BCUT2D eigenvalue weighted by Gasteiger charge is -2.17. The molecule has 1 N–H and O–H groups in total. The molecule has 0 saturated carbocycles. The maximum absolute atomic E-state index is 5.79. The molecule has 102 valence electrons. The summed E-state index contributed by atoms with van der Waals surface area (Å²) in [7, 11) is 0. The van der Waals surface area contributed by atoms with Crippen molar-refractivity contribution in [1.29, 1.82) is 0 Å². The van der Waals surface area contributed by atoms with Crippen molar-refractivity contribution in [1.82, 2.24) is 5.32 Å². The van der Waals surface area contributed by atoms with Crippen LogP contribution in [0.5, 0.6) is 0 Å². The Bertz CT molecular complexity index is 504. The zero-order valence-corrected chi connectivity index (χ0v) is 12.6. The summed E-state index contributed by atoms with van der Waals surface area (Å²) < 4.78 is 5.79. The Morgan fingerprint density at radius 1 is 1.16 bits per heavy atom. The molecule has 1 atom stereocenters. The van der Waals surface area contributed by atoms with E-state index >= 15 is 0 Å². The van der Waals surface area contributed by atoms with Crippen LogP contribution in [0.15, 0.2) is 45.7 Å². The van der Waals surface area contributed by atoms with E-state index in [-0.39, 0.29) is 6.04 Å². The van der Waals surface area contributed by atoms with Crippen LogP contribution in [0.3, 0.4) is 0 Å². The van der Waals surface area contributed by atoms with Crippen molar-refractivity contribution in [2.24, 2.45) is 0 Å². The molecule has 2 nitrogen and oxygen atoms in total. The van der Waals surface area contributed by atoms with Crippen molar-refractivity contribution in [3.63, 3.8) is 0 Å². The smallest absolute Gasteiger partial charge is 0.125 e. The number of hydrogen-bond donors (Lipinski definition) is 1. The van der Waals surface area contributed by atoms with Crippen LogP contribution in [0, 0.1) is 6.92 Å². The molecule has 2 rings (SSSR count). The van der Waals surface area contributed by atoms with Crippen molar-refractivity contribution in [3.05, 3.63) is 53.5 Å². The Kier molecular flexibility index (Phi) is 5.11. The molecule has 1 heterocycles. The van der Waals surface area contributed by atoms with E-state index in [1.807, 2.05) is 13.0 Å². The van der Waals surface area contributed by atoms with Gasteiger partial charge in [0.25, 0.3) is 0 Å². The summed E-state index contributed by atoms with van der Waals surface area (Å²) in [4.78, 5) is 1.29. The van der Waals surface area contributed by atoms with Gasteiger partial charge in [0.2, 0.25) is 0 Å². The van der Waals surface area contributed by atoms with Crippen molar-refractivity contribution >= 4 is 11.8 Å². The Balaban J connectivity index is 2.25. The zero-order chi connectivity index (χ0) is 13.7. The lowest BCUT2D eigenvalue weighted by molar-refractivity contribution is 0.430. The number of hydrogen-bond acceptors (Lipinski definition) is 3. The van der Waals surface area contributed by atoms with E-state index in [1.54, 1.807) is 11.8 Å². The van der Waals surface area contributed by atoms with E-state index in [9.17, 15) is 0 Å². The topological polar surface area (TPSA) is 25.2 Å². The Morgan fingerprint density at radius 3 is 2.42 bits per heavy atom. The number of nitrogens with one attached hydrogen (secondary N) is 1. The van der Waals surface area contributed by atoms with Gasteiger partial charge < -0.3 is 9.73 Å². The van der Waals surface area contributed by atoms with E-state index in [0.717, 1.165) is 24.5 Å². The molecule has 0 fully saturated rings. The van der Waals surface area contributed by atoms with Crippen molar-refractivity contribution in [2.45, 2.75) is 31.2 Å². The lowest BCUT2D eigenvalue weighted by Crippen LogP contribution is -2.22. The summed E-state index contributed by atoms with van der Waals surface area (Å²) in [5.74, 6) is 1.95. The van der Waals surface area contributed by atoms with E-state index in [1.165, 1.54) is 10.5 Å². The van der Waals surface area contributed by atoms with Crippen LogP contribution in [-0.2, 0) is 0 Å². The van der Waals surface area contributed by atoms with Gasteiger partial charge in [0.1, 0.15) is 11.5 Å². The Labute approximate surface area is 119 Å². The van der Waals surface area contributed by atoms with Gasteiger partial charge in [-0.2, -0.15) is 0 Å². The third-order valence-corrected chi connectivity index (χ3v) is 3.84. The van der Waals surface area contributed by atoms with Crippen LogP contribution >= 0.6 is 11.8 Å². The number of thioether (sulfide) groups is 1. The van der Waals surface area contributed by atoms with Crippen LogP contribution in [-0.4, -0.2) is 12.8 Å². The van der Waals surface area contributed by atoms with E-state index < -0.39 is 0 Å². The van der Waals surface area contributed by atoms with Crippen LogP contribution in [0.4, 0.5) is 0 Å². The average Bonchev–Trinajstić information content (AvgIpc) is 2.86. The number of aryl methyl sites for hydroxylation is 1. The minimum atomic E-state index is 0.143. The molecule has 3 heteroatoms. The van der Waals surface area contributed by atoms with Gasteiger partial charge in [0.15, 0.2) is 0 Å². The molecule has 0 aliphatic rings. The molecular formula is C16H21NOS. The third-order valence-electron chi connectivity index (χ3n) is 3.09. The summed E-state index contributed by atoms with van der Waals surface area (Å²) in [6.45, 7) is 5.14. The highest BCUT2D eigenvalue weighted by Gasteiger charge is 2.16. The first kappa shape index (κ1) is 14.2. The molecule has 0 aliphatic heterocycles. The summed E-state index contributed by atoms with van der Waals surface area (Å²) in [6.07, 6.45) is 3.21. The molecule has 0 radical (unpaired) electrons. The SMILES string of the molecule is CCCNC(c1ccc(SC)cc1)c1ccc(C)o1. The predicted octanol–water partition coefficient (Wildman–Crippen LogP) is 4.40. The van der Waals surface area contributed by atoms with Gasteiger partial charge in [-0.25, -0.2) is 0 Å². The molecule has 0 saturated heterocycles. The zero-order valence-electron chi connectivity index (χ0n) is 11.8. The van der Waals surface area contributed by atoms with Gasteiger partial charge in [-0.15, -0.1) is 11.8 Å². The van der Waals surface area contributed by atoms with Crippen LogP contribution in [0.1, 0.15) is 36.5 Å². The second-order valence-corrected chi connectivity index (χ2v) is 5.49. The maximum Gasteiger partial charge on any atom is 0.125 e. The number of benzene rings is 1. The third kappa shape index (κ3) is 3.64. The van der Waals surface area contributed by atoms with Gasteiger partial charge in [-0.3, -0.25) is 0 Å². The monoisotopic (exact) mass is 275 g/mol. The molecular weight excluding hydrogens is 254 g/mol. The first-order chi connectivity index (χ1) is 9.24. The first-order valence-electron chi connectivity index (χ1n) is 6.68. The van der Waals surface area contributed by atoms with Crippen molar-refractivity contribution in [3.8, 4) is 0 Å². The molecule has 0 bridgehead atoms.